The molecule has 5 heteroatoms. The predicted octanol–water partition coefficient (Wildman–Crippen LogP) is -1.82. The molecular formula is C8H12N2O3. The van der Waals surface area contributed by atoms with E-state index in [0.717, 1.165) is 0 Å². The summed E-state index contributed by atoms with van der Waals surface area (Å²) in [6.45, 7) is 1.83. The van der Waals surface area contributed by atoms with Crippen LogP contribution in [0.4, 0.5) is 0 Å². The van der Waals surface area contributed by atoms with Crippen molar-refractivity contribution in [1.82, 2.24) is 10.2 Å². The van der Waals surface area contributed by atoms with Gasteiger partial charge >= 0.3 is 0 Å². The second-order valence-corrected chi connectivity index (χ2v) is 3.55. The minimum atomic E-state index is -0.181. The monoisotopic (exact) mass is 184 g/mol. The van der Waals surface area contributed by atoms with E-state index in [9.17, 15) is 9.59 Å². The number of carbonyl (C=O) groups excluding carboxylic acids is 2. The number of aliphatic hydroxyl groups is 1. The van der Waals surface area contributed by atoms with Crippen LogP contribution >= 0.6 is 0 Å². The van der Waals surface area contributed by atoms with E-state index in [0.29, 0.717) is 19.6 Å². The Morgan fingerprint density at radius 1 is 1.31 bits per heavy atom. The lowest BCUT2D eigenvalue weighted by molar-refractivity contribution is -0.126. The van der Waals surface area contributed by atoms with Crippen molar-refractivity contribution in [3.05, 3.63) is 0 Å². The SMILES string of the molecule is O=C1NC(=O)[C@@H]2CN(CCO)C[C@@H]12. The number of nitrogens with one attached hydrogen (secondary N) is 1. The van der Waals surface area contributed by atoms with Crippen LogP contribution in [0.5, 0.6) is 0 Å². The van der Waals surface area contributed by atoms with Gasteiger partial charge in [-0.15, -0.1) is 0 Å². The normalized spacial score (nSPS) is 33.6. The summed E-state index contributed by atoms with van der Waals surface area (Å²) in [6.07, 6.45) is 0. The first kappa shape index (κ1) is 8.65. The van der Waals surface area contributed by atoms with Gasteiger partial charge in [0.05, 0.1) is 18.4 Å². The molecule has 2 fully saturated rings. The average Bonchev–Trinajstić information content (AvgIpc) is 2.57. The van der Waals surface area contributed by atoms with Gasteiger partial charge in [0.2, 0.25) is 11.8 Å². The lowest BCUT2D eigenvalue weighted by Gasteiger charge is -2.13. The zero-order valence-electron chi connectivity index (χ0n) is 7.19. The molecule has 2 rings (SSSR count). The highest BCUT2D eigenvalue weighted by Gasteiger charge is 2.47. The number of nitrogens with zero attached hydrogens (tertiary/aromatic N) is 1. The Morgan fingerprint density at radius 2 is 1.85 bits per heavy atom. The van der Waals surface area contributed by atoms with Crippen molar-refractivity contribution in [1.29, 1.82) is 0 Å². The topological polar surface area (TPSA) is 69.6 Å². The molecule has 0 aromatic rings. The number of rotatable bonds is 2. The first-order valence-corrected chi connectivity index (χ1v) is 4.40. The fourth-order valence-corrected chi connectivity index (χ4v) is 2.05. The van der Waals surface area contributed by atoms with Gasteiger partial charge in [-0.05, 0) is 0 Å². The van der Waals surface area contributed by atoms with Crippen molar-refractivity contribution >= 4 is 11.8 Å². The van der Waals surface area contributed by atoms with Gasteiger partial charge in [0.25, 0.3) is 0 Å². The minimum absolute atomic E-state index is 0.0786. The summed E-state index contributed by atoms with van der Waals surface area (Å²) in [7, 11) is 0. The zero-order chi connectivity index (χ0) is 9.42. The van der Waals surface area contributed by atoms with Gasteiger partial charge in [-0.2, -0.15) is 0 Å². The highest BCUT2D eigenvalue weighted by atomic mass is 16.3. The van der Waals surface area contributed by atoms with Crippen molar-refractivity contribution in [2.75, 3.05) is 26.2 Å². The summed E-state index contributed by atoms with van der Waals surface area (Å²) in [6, 6.07) is 0. The van der Waals surface area contributed by atoms with Gasteiger partial charge in [0.15, 0.2) is 0 Å². The molecular weight excluding hydrogens is 172 g/mol. The molecule has 5 nitrogen and oxygen atoms in total. The summed E-state index contributed by atoms with van der Waals surface area (Å²) in [4.78, 5) is 24.3. The number of amides is 2. The predicted molar refractivity (Wildman–Crippen MR) is 43.7 cm³/mol. The van der Waals surface area contributed by atoms with Crippen LogP contribution in [0, 0.1) is 11.8 Å². The molecule has 0 aromatic carbocycles. The molecule has 0 aromatic heterocycles. The van der Waals surface area contributed by atoms with Crippen molar-refractivity contribution in [2.24, 2.45) is 11.8 Å². The summed E-state index contributed by atoms with van der Waals surface area (Å²) in [5.74, 6) is -0.677. The van der Waals surface area contributed by atoms with Crippen LogP contribution < -0.4 is 5.32 Å². The Hall–Kier alpha value is -0.940. The lowest BCUT2D eigenvalue weighted by Crippen LogP contribution is -2.32. The van der Waals surface area contributed by atoms with E-state index in [-0.39, 0.29) is 30.3 Å². The number of carbonyl (C=O) groups is 2. The second kappa shape index (κ2) is 3.08. The number of hydrogen-bond acceptors (Lipinski definition) is 4. The highest BCUT2D eigenvalue weighted by molar-refractivity contribution is 6.05. The first-order chi connectivity index (χ1) is 6.22. The third-order valence-corrected chi connectivity index (χ3v) is 2.73. The Labute approximate surface area is 75.7 Å². The van der Waals surface area contributed by atoms with E-state index < -0.39 is 0 Å². The van der Waals surface area contributed by atoms with E-state index in [1.807, 2.05) is 4.90 Å². The molecule has 0 radical (unpaired) electrons. The van der Waals surface area contributed by atoms with Gasteiger partial charge in [-0.3, -0.25) is 19.8 Å². The van der Waals surface area contributed by atoms with Crippen LogP contribution in [-0.2, 0) is 9.59 Å². The fourth-order valence-electron chi connectivity index (χ4n) is 2.05. The molecule has 2 heterocycles. The first-order valence-electron chi connectivity index (χ1n) is 4.40. The molecule has 2 aliphatic rings. The number of imide groups is 1. The number of aliphatic hydroxyl groups excluding tert-OH is 1. The van der Waals surface area contributed by atoms with Crippen molar-refractivity contribution < 1.29 is 14.7 Å². The number of hydrogen-bond donors (Lipinski definition) is 2. The summed E-state index contributed by atoms with van der Waals surface area (Å²) in [5.41, 5.74) is 0. The van der Waals surface area contributed by atoms with Crippen LogP contribution in [0.1, 0.15) is 0 Å². The highest BCUT2D eigenvalue weighted by Crippen LogP contribution is 2.27. The Morgan fingerprint density at radius 3 is 2.31 bits per heavy atom. The van der Waals surface area contributed by atoms with Crippen molar-refractivity contribution in [3.8, 4) is 0 Å². The van der Waals surface area contributed by atoms with Gasteiger partial charge < -0.3 is 5.11 Å². The van der Waals surface area contributed by atoms with Crippen molar-refractivity contribution in [3.63, 3.8) is 0 Å². The van der Waals surface area contributed by atoms with Crippen molar-refractivity contribution in [2.45, 2.75) is 0 Å². The van der Waals surface area contributed by atoms with Crippen LogP contribution in [-0.4, -0.2) is 48.1 Å². The molecule has 2 atom stereocenters. The van der Waals surface area contributed by atoms with E-state index in [4.69, 9.17) is 5.11 Å². The molecule has 72 valence electrons. The second-order valence-electron chi connectivity index (χ2n) is 3.55. The summed E-state index contributed by atoms with van der Waals surface area (Å²) < 4.78 is 0. The molecule has 2 aliphatic heterocycles. The molecule has 0 unspecified atom stereocenters. The van der Waals surface area contributed by atoms with Crippen LogP contribution in [0.25, 0.3) is 0 Å². The van der Waals surface area contributed by atoms with Crippen LogP contribution in [0.2, 0.25) is 0 Å². The molecule has 0 bridgehead atoms. The summed E-state index contributed by atoms with van der Waals surface area (Å²) >= 11 is 0. The largest absolute Gasteiger partial charge is 0.395 e. The summed E-state index contributed by atoms with van der Waals surface area (Å²) in [5, 5.41) is 11.0. The third-order valence-electron chi connectivity index (χ3n) is 2.73. The number of β-amino-alcohol motifs (C(OH)–C–C–N with tert-alkyl or cyclic N) is 1. The van der Waals surface area contributed by atoms with E-state index in [1.54, 1.807) is 0 Å². The van der Waals surface area contributed by atoms with Gasteiger partial charge in [0, 0.05) is 19.6 Å². The maximum atomic E-state index is 11.2. The average molecular weight is 184 g/mol. The standard InChI is InChI=1S/C8H12N2O3/c11-2-1-10-3-5-6(4-10)8(13)9-7(5)12/h5-6,11H,1-4H2,(H,9,12,13)/t5-,6-/m1/s1. The van der Waals surface area contributed by atoms with E-state index >= 15 is 0 Å². The van der Waals surface area contributed by atoms with Gasteiger partial charge in [0.1, 0.15) is 0 Å². The Balaban J connectivity index is 2.04. The van der Waals surface area contributed by atoms with E-state index in [2.05, 4.69) is 5.32 Å². The third kappa shape index (κ3) is 1.34. The van der Waals surface area contributed by atoms with E-state index in [1.165, 1.54) is 0 Å². The quantitative estimate of drug-likeness (QED) is 0.496. The van der Waals surface area contributed by atoms with Crippen LogP contribution in [0.3, 0.4) is 0 Å². The molecule has 2 N–H and O–H groups in total. The fraction of sp³-hybridized carbons (Fsp3) is 0.750. The maximum Gasteiger partial charge on any atom is 0.231 e. The van der Waals surface area contributed by atoms with Gasteiger partial charge in [-0.25, -0.2) is 0 Å². The lowest BCUT2D eigenvalue weighted by atomic mass is 10.00. The smallest absolute Gasteiger partial charge is 0.231 e. The Kier molecular flexibility index (Phi) is 2.05. The molecule has 13 heavy (non-hydrogen) atoms. The molecule has 2 amide bonds. The Bertz CT molecular complexity index is 232. The molecule has 0 saturated carbocycles. The van der Waals surface area contributed by atoms with Gasteiger partial charge in [-0.1, -0.05) is 0 Å². The maximum absolute atomic E-state index is 11.2. The van der Waals surface area contributed by atoms with Crippen LogP contribution in [0.15, 0.2) is 0 Å². The molecule has 2 saturated heterocycles. The molecule has 0 spiro atoms. The molecule has 0 aliphatic carbocycles. The number of fused-ring (bicyclic) bond motifs is 1. The minimum Gasteiger partial charge on any atom is -0.395 e. The zero-order valence-corrected chi connectivity index (χ0v) is 7.19. The number of likely N-dealkylation sites (tertiary alicyclic amines) is 1.